The van der Waals surface area contributed by atoms with E-state index in [4.69, 9.17) is 9.47 Å². The predicted octanol–water partition coefficient (Wildman–Crippen LogP) is 3.24. The minimum Gasteiger partial charge on any atom is -0.454 e. The van der Waals surface area contributed by atoms with Gasteiger partial charge >= 0.3 is 6.18 Å². The topological polar surface area (TPSA) is 95.2 Å². The molecule has 0 aliphatic carbocycles. The molecule has 0 saturated heterocycles. The molecule has 3 aromatic rings. The molecule has 2 atom stereocenters. The fraction of sp³-hybridized carbons (Fsp3) is 0.381. The first-order valence-corrected chi connectivity index (χ1v) is 10.3. The minimum absolute atomic E-state index is 0.0753. The molecular weight excluding hydrogens is 441 g/mol. The van der Waals surface area contributed by atoms with Crippen LogP contribution in [0, 0.1) is 6.92 Å². The standard InChI is InChI=1S/C21H21F3N6O3/c1-11-13(9-29(2)27-11)8-25-20(31)15-7-19-26-14(6-18(21(22,23)24)30(19)28-15)12-3-4-16-17(5-12)33-10-32-16/h3-5,7,9,14,18,26H,6,8,10H2,1-2H3,(H,25,31)/t14-,18-/m1/s1. The molecule has 2 N–H and O–H groups in total. The second kappa shape index (κ2) is 7.71. The Kier molecular flexibility index (Phi) is 4.94. The van der Waals surface area contributed by atoms with Crippen LogP contribution in [0.15, 0.2) is 30.5 Å². The smallest absolute Gasteiger partial charge is 0.410 e. The number of rotatable bonds is 4. The Hall–Kier alpha value is -3.70. The van der Waals surface area contributed by atoms with E-state index >= 15 is 0 Å². The first-order chi connectivity index (χ1) is 15.7. The molecule has 0 fully saturated rings. The van der Waals surface area contributed by atoms with Crippen molar-refractivity contribution in [3.8, 4) is 11.5 Å². The van der Waals surface area contributed by atoms with Gasteiger partial charge in [0.15, 0.2) is 23.2 Å². The van der Waals surface area contributed by atoms with Crippen molar-refractivity contribution in [1.82, 2.24) is 24.9 Å². The number of alkyl halides is 3. The molecule has 0 spiro atoms. The van der Waals surface area contributed by atoms with Gasteiger partial charge in [-0.05, 0) is 24.6 Å². The molecule has 2 aliphatic rings. The number of hydrogen-bond acceptors (Lipinski definition) is 6. The van der Waals surface area contributed by atoms with Crippen molar-refractivity contribution in [2.24, 2.45) is 7.05 Å². The van der Waals surface area contributed by atoms with Crippen LogP contribution in [0.25, 0.3) is 0 Å². The van der Waals surface area contributed by atoms with Gasteiger partial charge in [0, 0.05) is 37.8 Å². The van der Waals surface area contributed by atoms with Crippen LogP contribution in [-0.2, 0) is 13.6 Å². The first-order valence-electron chi connectivity index (χ1n) is 10.3. The number of aromatic nitrogens is 4. The Bertz CT molecular complexity index is 1220. The largest absolute Gasteiger partial charge is 0.454 e. The summed E-state index contributed by atoms with van der Waals surface area (Å²) >= 11 is 0. The number of nitrogens with one attached hydrogen (secondary N) is 2. The fourth-order valence-electron chi connectivity index (χ4n) is 4.12. The van der Waals surface area contributed by atoms with Gasteiger partial charge in [-0.2, -0.15) is 23.4 Å². The monoisotopic (exact) mass is 462 g/mol. The van der Waals surface area contributed by atoms with Crippen LogP contribution in [0.1, 0.15) is 45.8 Å². The molecule has 2 aromatic heterocycles. The third-order valence-electron chi connectivity index (χ3n) is 5.78. The molecule has 33 heavy (non-hydrogen) atoms. The lowest BCUT2D eigenvalue weighted by molar-refractivity contribution is -0.173. The fourth-order valence-corrected chi connectivity index (χ4v) is 4.12. The molecule has 9 nitrogen and oxygen atoms in total. The number of anilines is 1. The van der Waals surface area contributed by atoms with E-state index in [1.165, 1.54) is 6.07 Å². The first kappa shape index (κ1) is 21.2. The van der Waals surface area contributed by atoms with Crippen molar-refractivity contribution in [2.45, 2.75) is 38.1 Å². The van der Waals surface area contributed by atoms with E-state index in [1.54, 1.807) is 36.1 Å². The summed E-state index contributed by atoms with van der Waals surface area (Å²) in [5, 5.41) is 14.0. The second-order valence-corrected chi connectivity index (χ2v) is 8.06. The summed E-state index contributed by atoms with van der Waals surface area (Å²) in [6.45, 7) is 2.08. The van der Waals surface area contributed by atoms with Crippen LogP contribution in [0.4, 0.5) is 19.0 Å². The second-order valence-electron chi connectivity index (χ2n) is 8.06. The molecule has 174 valence electrons. The number of hydrogen-bond donors (Lipinski definition) is 2. The molecule has 0 unspecified atom stereocenters. The molecule has 0 saturated carbocycles. The number of fused-ring (bicyclic) bond motifs is 2. The molecular formula is C21H21F3N6O3. The predicted molar refractivity (Wildman–Crippen MR) is 110 cm³/mol. The van der Waals surface area contributed by atoms with Gasteiger partial charge in [-0.1, -0.05) is 6.07 Å². The van der Waals surface area contributed by atoms with Gasteiger partial charge in [0.05, 0.1) is 11.7 Å². The van der Waals surface area contributed by atoms with Crippen molar-refractivity contribution in [3.63, 3.8) is 0 Å². The summed E-state index contributed by atoms with van der Waals surface area (Å²) in [7, 11) is 1.77. The van der Waals surface area contributed by atoms with Gasteiger partial charge in [0.2, 0.25) is 6.79 Å². The Morgan fingerprint density at radius 2 is 2.03 bits per heavy atom. The van der Waals surface area contributed by atoms with Crippen LogP contribution < -0.4 is 20.1 Å². The van der Waals surface area contributed by atoms with E-state index in [-0.39, 0.29) is 31.3 Å². The van der Waals surface area contributed by atoms with Gasteiger partial charge in [0.1, 0.15) is 5.82 Å². The number of halogens is 3. The van der Waals surface area contributed by atoms with Crippen LogP contribution in [0.5, 0.6) is 11.5 Å². The molecule has 5 rings (SSSR count). The maximum absolute atomic E-state index is 13.9. The van der Waals surface area contributed by atoms with Crippen LogP contribution in [-0.4, -0.2) is 38.4 Å². The van der Waals surface area contributed by atoms with Gasteiger partial charge in [-0.15, -0.1) is 0 Å². The lowest BCUT2D eigenvalue weighted by Gasteiger charge is -2.33. The van der Waals surface area contributed by atoms with E-state index in [0.29, 0.717) is 17.1 Å². The minimum atomic E-state index is -4.54. The van der Waals surface area contributed by atoms with Crippen LogP contribution in [0.3, 0.4) is 0 Å². The third-order valence-corrected chi connectivity index (χ3v) is 5.78. The molecule has 0 bridgehead atoms. The SMILES string of the molecule is Cc1nn(C)cc1CNC(=O)c1cc2n(n1)[C@@H](C(F)(F)F)C[C@H](c1ccc3c(c1)OCO3)N2. The van der Waals surface area contributed by atoms with Gasteiger partial charge < -0.3 is 20.1 Å². The Balaban J connectivity index is 1.39. The van der Waals surface area contributed by atoms with Crippen molar-refractivity contribution >= 4 is 11.7 Å². The average Bonchev–Trinajstić information content (AvgIpc) is 3.47. The normalized spacial score (nSPS) is 19.2. The van der Waals surface area contributed by atoms with E-state index in [9.17, 15) is 18.0 Å². The zero-order chi connectivity index (χ0) is 23.3. The van der Waals surface area contributed by atoms with Crippen molar-refractivity contribution in [3.05, 3.63) is 53.0 Å². The number of amides is 1. The van der Waals surface area contributed by atoms with E-state index in [1.807, 2.05) is 6.92 Å². The maximum atomic E-state index is 13.9. The van der Waals surface area contributed by atoms with Crippen molar-refractivity contribution in [1.29, 1.82) is 0 Å². The van der Waals surface area contributed by atoms with Crippen LogP contribution in [0.2, 0.25) is 0 Å². The quantitative estimate of drug-likeness (QED) is 0.618. The van der Waals surface area contributed by atoms with Gasteiger partial charge in [0.25, 0.3) is 5.91 Å². The average molecular weight is 462 g/mol. The van der Waals surface area contributed by atoms with E-state index in [2.05, 4.69) is 20.8 Å². The molecule has 1 aromatic carbocycles. The van der Waals surface area contributed by atoms with Crippen molar-refractivity contribution in [2.75, 3.05) is 12.1 Å². The number of aryl methyl sites for hydroxylation is 2. The zero-order valence-electron chi connectivity index (χ0n) is 17.8. The Morgan fingerprint density at radius 1 is 1.24 bits per heavy atom. The number of benzene rings is 1. The summed E-state index contributed by atoms with van der Waals surface area (Å²) in [6, 6.07) is 3.85. The summed E-state index contributed by atoms with van der Waals surface area (Å²) in [5.41, 5.74) is 2.09. The lowest BCUT2D eigenvalue weighted by atomic mass is 9.96. The molecule has 4 heterocycles. The number of ether oxygens (including phenoxy) is 2. The number of carbonyl (C=O) groups is 1. The lowest BCUT2D eigenvalue weighted by Crippen LogP contribution is -2.35. The van der Waals surface area contributed by atoms with E-state index < -0.39 is 24.2 Å². The maximum Gasteiger partial charge on any atom is 0.410 e. The highest BCUT2D eigenvalue weighted by atomic mass is 19.4. The number of carbonyl (C=O) groups excluding carboxylic acids is 1. The Labute approximate surface area is 186 Å². The zero-order valence-corrected chi connectivity index (χ0v) is 17.8. The summed E-state index contributed by atoms with van der Waals surface area (Å²) < 4.78 is 54.8. The molecule has 0 radical (unpaired) electrons. The third kappa shape index (κ3) is 3.96. The molecule has 12 heteroatoms. The molecule has 2 aliphatic heterocycles. The van der Waals surface area contributed by atoms with Crippen molar-refractivity contribution < 1.29 is 27.4 Å². The molecule has 1 amide bonds. The van der Waals surface area contributed by atoms with E-state index in [0.717, 1.165) is 15.9 Å². The number of nitrogens with zero attached hydrogens (tertiary/aromatic N) is 4. The highest BCUT2D eigenvalue weighted by Crippen LogP contribution is 2.45. The summed E-state index contributed by atoms with van der Waals surface area (Å²) in [5.74, 6) is 0.592. The highest BCUT2D eigenvalue weighted by Gasteiger charge is 2.47. The Morgan fingerprint density at radius 3 is 2.76 bits per heavy atom. The summed E-state index contributed by atoms with van der Waals surface area (Å²) in [4.78, 5) is 12.6. The van der Waals surface area contributed by atoms with Crippen LogP contribution >= 0.6 is 0 Å². The summed E-state index contributed by atoms with van der Waals surface area (Å²) in [6.07, 6.45) is -3.06. The van der Waals surface area contributed by atoms with Gasteiger partial charge in [-0.3, -0.25) is 9.48 Å². The highest BCUT2D eigenvalue weighted by molar-refractivity contribution is 5.93. The van der Waals surface area contributed by atoms with Gasteiger partial charge in [-0.25, -0.2) is 4.68 Å².